The fourth-order valence-electron chi connectivity index (χ4n) is 2.77. The summed E-state index contributed by atoms with van der Waals surface area (Å²) in [6.07, 6.45) is 0. The second kappa shape index (κ2) is 6.04. The van der Waals surface area contributed by atoms with E-state index in [9.17, 15) is 0 Å². The molecule has 0 N–H and O–H groups in total. The van der Waals surface area contributed by atoms with E-state index >= 15 is 0 Å². The van der Waals surface area contributed by atoms with Gasteiger partial charge in [-0.25, -0.2) is 4.98 Å². The van der Waals surface area contributed by atoms with E-state index in [1.165, 1.54) is 0 Å². The molecule has 110 valence electrons. The second-order valence-electron chi connectivity index (χ2n) is 6.28. The van der Waals surface area contributed by atoms with E-state index in [-0.39, 0.29) is 5.41 Å². The van der Waals surface area contributed by atoms with Crippen LogP contribution in [-0.2, 0) is 12.4 Å². The van der Waals surface area contributed by atoms with Gasteiger partial charge in [0.25, 0.3) is 0 Å². The topological polar surface area (TPSA) is 21.1 Å². The number of aromatic nitrogens is 2. The van der Waals surface area contributed by atoms with Gasteiger partial charge in [0.05, 0.1) is 16.9 Å². The minimum atomic E-state index is 0.158. The van der Waals surface area contributed by atoms with Crippen molar-refractivity contribution in [1.82, 2.24) is 14.5 Å². The number of hydrogen-bond donors (Lipinski definition) is 0. The fourth-order valence-corrected chi connectivity index (χ4v) is 3.32. The van der Waals surface area contributed by atoms with Gasteiger partial charge < -0.3 is 9.47 Å². The monoisotopic (exact) mass is 357 g/mol. The van der Waals surface area contributed by atoms with Crippen LogP contribution in [0.5, 0.6) is 0 Å². The number of halogens is 2. The highest BCUT2D eigenvalue weighted by molar-refractivity contribution is 9.10. The lowest BCUT2D eigenvalue weighted by Crippen LogP contribution is -2.32. The summed E-state index contributed by atoms with van der Waals surface area (Å²) in [5.41, 5.74) is 2.30. The maximum absolute atomic E-state index is 6.07. The van der Waals surface area contributed by atoms with Crippen LogP contribution in [0.2, 0.25) is 0 Å². The average molecular weight is 359 g/mol. The predicted molar refractivity (Wildman–Crippen MR) is 89.3 cm³/mol. The van der Waals surface area contributed by atoms with Gasteiger partial charge in [-0.15, -0.1) is 11.6 Å². The SMILES string of the molecule is CN(C)CC(C)(C)Cn1c(CCl)nc2cc(Br)ccc21. The van der Waals surface area contributed by atoms with Crippen LogP contribution < -0.4 is 0 Å². The van der Waals surface area contributed by atoms with Gasteiger partial charge in [-0.05, 0) is 37.7 Å². The first-order chi connectivity index (χ1) is 9.32. The van der Waals surface area contributed by atoms with Crippen molar-refractivity contribution in [1.29, 1.82) is 0 Å². The molecule has 0 fully saturated rings. The summed E-state index contributed by atoms with van der Waals surface area (Å²) in [7, 11) is 4.21. The number of imidazole rings is 1. The molecule has 0 unspecified atom stereocenters. The van der Waals surface area contributed by atoms with Crippen LogP contribution in [0.1, 0.15) is 19.7 Å². The summed E-state index contributed by atoms with van der Waals surface area (Å²) in [6.45, 7) is 6.47. The minimum absolute atomic E-state index is 0.158. The molecule has 20 heavy (non-hydrogen) atoms. The molecular formula is C15H21BrClN3. The predicted octanol–water partition coefficient (Wildman–Crippen LogP) is 4.13. The smallest absolute Gasteiger partial charge is 0.124 e. The normalized spacial score (nSPS) is 12.6. The zero-order chi connectivity index (χ0) is 14.9. The molecule has 1 aromatic carbocycles. The number of alkyl halides is 1. The highest BCUT2D eigenvalue weighted by atomic mass is 79.9. The van der Waals surface area contributed by atoms with Gasteiger partial charge in [0.1, 0.15) is 5.82 Å². The Hall–Kier alpha value is -0.580. The third-order valence-electron chi connectivity index (χ3n) is 3.24. The molecule has 1 heterocycles. The van der Waals surface area contributed by atoms with Crippen molar-refractivity contribution >= 4 is 38.6 Å². The summed E-state index contributed by atoms with van der Waals surface area (Å²) in [6, 6.07) is 6.20. The van der Waals surface area contributed by atoms with E-state index in [1.807, 2.05) is 6.07 Å². The maximum atomic E-state index is 6.07. The van der Waals surface area contributed by atoms with Crippen molar-refractivity contribution in [2.45, 2.75) is 26.3 Å². The summed E-state index contributed by atoms with van der Waals surface area (Å²) < 4.78 is 3.29. The molecule has 0 saturated heterocycles. The van der Waals surface area contributed by atoms with Crippen LogP contribution >= 0.6 is 27.5 Å². The Labute approximate surface area is 134 Å². The summed E-state index contributed by atoms with van der Waals surface area (Å²) in [4.78, 5) is 6.86. The first-order valence-electron chi connectivity index (χ1n) is 6.68. The first-order valence-corrected chi connectivity index (χ1v) is 8.00. The molecule has 0 aliphatic heterocycles. The molecule has 2 rings (SSSR count). The van der Waals surface area contributed by atoms with Gasteiger partial charge in [-0.3, -0.25) is 0 Å². The number of hydrogen-bond acceptors (Lipinski definition) is 2. The van der Waals surface area contributed by atoms with Crippen molar-refractivity contribution in [2.75, 3.05) is 20.6 Å². The Morgan fingerprint density at radius 2 is 2.05 bits per heavy atom. The Kier molecular flexibility index (Phi) is 4.77. The quantitative estimate of drug-likeness (QED) is 0.750. The molecular weight excluding hydrogens is 338 g/mol. The van der Waals surface area contributed by atoms with E-state index < -0.39 is 0 Å². The standard InChI is InChI=1S/C15H21BrClN3/c1-15(2,9-19(3)4)10-20-13-6-5-11(16)7-12(13)18-14(20)8-17/h5-7H,8-10H2,1-4H3. The summed E-state index contributed by atoms with van der Waals surface area (Å²) in [5, 5.41) is 0. The van der Waals surface area contributed by atoms with Gasteiger partial charge in [0.2, 0.25) is 0 Å². The number of rotatable bonds is 5. The lowest BCUT2D eigenvalue weighted by molar-refractivity contribution is 0.212. The number of fused-ring (bicyclic) bond motifs is 1. The lowest BCUT2D eigenvalue weighted by atomic mass is 9.92. The molecule has 0 amide bonds. The van der Waals surface area contributed by atoms with Crippen molar-refractivity contribution in [3.05, 3.63) is 28.5 Å². The van der Waals surface area contributed by atoms with E-state index in [1.54, 1.807) is 0 Å². The van der Waals surface area contributed by atoms with Crippen molar-refractivity contribution in [2.24, 2.45) is 5.41 Å². The zero-order valence-corrected chi connectivity index (χ0v) is 14.8. The highest BCUT2D eigenvalue weighted by Crippen LogP contribution is 2.26. The van der Waals surface area contributed by atoms with Crippen LogP contribution in [0, 0.1) is 5.41 Å². The molecule has 0 radical (unpaired) electrons. The molecule has 0 aliphatic rings. The Morgan fingerprint density at radius 1 is 1.35 bits per heavy atom. The van der Waals surface area contributed by atoms with Gasteiger partial charge in [-0.2, -0.15) is 0 Å². The molecule has 0 spiro atoms. The largest absolute Gasteiger partial charge is 0.326 e. The molecule has 1 aromatic heterocycles. The van der Waals surface area contributed by atoms with Gasteiger partial charge >= 0.3 is 0 Å². The first kappa shape index (κ1) is 15.8. The highest BCUT2D eigenvalue weighted by Gasteiger charge is 2.22. The molecule has 2 aromatic rings. The van der Waals surface area contributed by atoms with Gasteiger partial charge in [0, 0.05) is 17.6 Å². The lowest BCUT2D eigenvalue weighted by Gasteiger charge is -2.29. The van der Waals surface area contributed by atoms with Crippen molar-refractivity contribution in [3.63, 3.8) is 0 Å². The van der Waals surface area contributed by atoms with Crippen molar-refractivity contribution < 1.29 is 0 Å². The minimum Gasteiger partial charge on any atom is -0.326 e. The average Bonchev–Trinajstić information content (AvgIpc) is 2.64. The molecule has 0 atom stereocenters. The van der Waals surface area contributed by atoms with E-state index in [4.69, 9.17) is 11.6 Å². The molecule has 0 saturated carbocycles. The van der Waals surface area contributed by atoms with Crippen LogP contribution in [0.4, 0.5) is 0 Å². The van der Waals surface area contributed by atoms with Crippen LogP contribution in [0.3, 0.4) is 0 Å². The van der Waals surface area contributed by atoms with Crippen LogP contribution in [-0.4, -0.2) is 35.1 Å². The Balaban J connectivity index is 2.42. The number of nitrogens with zero attached hydrogens (tertiary/aromatic N) is 3. The Morgan fingerprint density at radius 3 is 2.65 bits per heavy atom. The summed E-state index contributed by atoms with van der Waals surface area (Å²) in [5.74, 6) is 1.37. The van der Waals surface area contributed by atoms with E-state index in [2.05, 4.69) is 70.5 Å². The molecule has 3 nitrogen and oxygen atoms in total. The third-order valence-corrected chi connectivity index (χ3v) is 3.97. The third kappa shape index (κ3) is 3.54. The summed E-state index contributed by atoms with van der Waals surface area (Å²) >= 11 is 9.57. The molecule has 0 aliphatic carbocycles. The maximum Gasteiger partial charge on any atom is 0.124 e. The Bertz CT molecular complexity index is 604. The van der Waals surface area contributed by atoms with Gasteiger partial charge in [0.15, 0.2) is 0 Å². The second-order valence-corrected chi connectivity index (χ2v) is 7.47. The van der Waals surface area contributed by atoms with Gasteiger partial charge in [-0.1, -0.05) is 29.8 Å². The van der Waals surface area contributed by atoms with Crippen LogP contribution in [0.25, 0.3) is 11.0 Å². The van der Waals surface area contributed by atoms with E-state index in [0.717, 1.165) is 34.4 Å². The zero-order valence-electron chi connectivity index (χ0n) is 12.5. The number of benzene rings is 1. The fraction of sp³-hybridized carbons (Fsp3) is 0.533. The molecule has 5 heteroatoms. The van der Waals surface area contributed by atoms with Crippen molar-refractivity contribution in [3.8, 4) is 0 Å². The van der Waals surface area contributed by atoms with E-state index in [0.29, 0.717) is 5.88 Å². The molecule has 0 bridgehead atoms. The van der Waals surface area contributed by atoms with Crippen LogP contribution in [0.15, 0.2) is 22.7 Å².